The van der Waals surface area contributed by atoms with Crippen molar-refractivity contribution in [1.29, 1.82) is 0 Å². The van der Waals surface area contributed by atoms with Gasteiger partial charge in [-0.25, -0.2) is 34.7 Å². The smallest absolute Gasteiger partial charge is 0.459 e. The highest BCUT2D eigenvalue weighted by molar-refractivity contribution is 6.62. The number of fused-ring (bicyclic) bond motifs is 1. The van der Waals surface area contributed by atoms with E-state index >= 15 is 0 Å². The molecule has 1 aliphatic rings. The summed E-state index contributed by atoms with van der Waals surface area (Å²) in [5.41, 5.74) is 20.4. The normalized spacial score (nSPS) is 11.9. The number of aliphatic hydroxyl groups is 1. The number of ether oxygens (including phenoxy) is 1. The standard InChI is InChI=1S/C19H23BN4O5.C5H6ClN3.C5H7N3O.ClH/c1-10(2)16(18(26)28-8-12-6-22-19(21)23-7-12)24-17(25)14-5-4-13-9-29-20(27)15(13)11(14)3;6-1-4-2-8-5(7)9-3-4;6-5-7-1-4(3-9)2-8-5;/h4-7,10,16,27H,8-9H2,1-3H3,(H,24,25)(H2,21,22,23);2-3H,1H2,(H2,7,8,9);1-2,9H,3H2,(H2,6,7,8);1H/t16-;;;/m0.../s1. The van der Waals surface area contributed by atoms with Gasteiger partial charge in [0.1, 0.15) is 12.6 Å². The van der Waals surface area contributed by atoms with Gasteiger partial charge in [-0.1, -0.05) is 19.9 Å². The van der Waals surface area contributed by atoms with Crippen molar-refractivity contribution in [3.05, 3.63) is 82.7 Å². The summed E-state index contributed by atoms with van der Waals surface area (Å²) >= 11 is 5.46. The van der Waals surface area contributed by atoms with E-state index in [-0.39, 0.29) is 49.4 Å². The zero-order valence-electron chi connectivity index (χ0n) is 26.4. The molecule has 0 saturated heterocycles. The summed E-state index contributed by atoms with van der Waals surface area (Å²) in [6.45, 7) is 5.60. The zero-order chi connectivity index (χ0) is 34.5. The lowest BCUT2D eigenvalue weighted by atomic mass is 9.75. The van der Waals surface area contributed by atoms with E-state index in [2.05, 4.69) is 35.2 Å². The molecule has 0 spiro atoms. The number of alkyl halides is 1. The van der Waals surface area contributed by atoms with Gasteiger partial charge in [-0.2, -0.15) is 0 Å². The number of anilines is 3. The number of hydrogen-bond acceptors (Lipinski definition) is 15. The molecule has 3 aromatic heterocycles. The van der Waals surface area contributed by atoms with Crippen LogP contribution in [0.5, 0.6) is 0 Å². The van der Waals surface area contributed by atoms with E-state index in [0.29, 0.717) is 40.2 Å². The number of hydrogen-bond donors (Lipinski definition) is 6. The van der Waals surface area contributed by atoms with Gasteiger partial charge in [0, 0.05) is 59.4 Å². The Kier molecular flexibility index (Phi) is 15.8. The number of benzene rings is 1. The average molecular weight is 703 g/mol. The highest BCUT2D eigenvalue weighted by atomic mass is 35.5. The van der Waals surface area contributed by atoms with Gasteiger partial charge in [0.2, 0.25) is 17.8 Å². The molecule has 1 aromatic carbocycles. The molecule has 0 saturated carbocycles. The van der Waals surface area contributed by atoms with Crippen molar-refractivity contribution >= 4 is 66.3 Å². The van der Waals surface area contributed by atoms with Crippen LogP contribution >= 0.6 is 24.0 Å². The molecule has 1 amide bonds. The van der Waals surface area contributed by atoms with Crippen LogP contribution in [0.1, 0.15) is 52.0 Å². The monoisotopic (exact) mass is 702 g/mol. The second-order valence-corrected chi connectivity index (χ2v) is 10.7. The van der Waals surface area contributed by atoms with Crippen LogP contribution in [-0.4, -0.2) is 65.1 Å². The van der Waals surface area contributed by atoms with Crippen molar-refractivity contribution in [2.45, 2.75) is 52.5 Å². The average Bonchev–Trinajstić information content (AvgIpc) is 3.45. The number of nitrogens with one attached hydrogen (secondary N) is 1. The predicted molar refractivity (Wildman–Crippen MR) is 182 cm³/mol. The molecule has 48 heavy (non-hydrogen) atoms. The Bertz CT molecular complexity index is 1580. The van der Waals surface area contributed by atoms with Crippen molar-refractivity contribution in [2.75, 3.05) is 17.2 Å². The fourth-order valence-electron chi connectivity index (χ4n) is 4.03. The van der Waals surface area contributed by atoms with Gasteiger partial charge in [-0.05, 0) is 35.5 Å². The number of carbonyl (C=O) groups excluding carboxylic acids is 2. The molecule has 4 aromatic rings. The third-order valence-electron chi connectivity index (χ3n) is 6.59. The van der Waals surface area contributed by atoms with Gasteiger partial charge < -0.3 is 42.0 Å². The minimum Gasteiger partial charge on any atom is -0.459 e. The Morgan fingerprint density at radius 3 is 1.92 bits per heavy atom. The van der Waals surface area contributed by atoms with Crippen LogP contribution in [0.4, 0.5) is 17.8 Å². The number of nitrogen functional groups attached to an aromatic ring is 3. The summed E-state index contributed by atoms with van der Waals surface area (Å²) < 4.78 is 10.5. The third-order valence-corrected chi connectivity index (χ3v) is 6.90. The van der Waals surface area contributed by atoms with E-state index < -0.39 is 25.0 Å². The van der Waals surface area contributed by atoms with Crippen LogP contribution in [-0.2, 0) is 39.9 Å². The SMILES string of the molecule is Cc1c(C(=O)N[C@H](C(=O)OCc2cnc(N)nc2)C(C)C)ccc2c1B(O)OC2.Cl.Nc1ncc(CCl)cn1.Nc1ncc(CO)cn1. The molecule has 9 N–H and O–H groups in total. The van der Waals surface area contributed by atoms with Crippen LogP contribution in [0.25, 0.3) is 0 Å². The van der Waals surface area contributed by atoms with Crippen LogP contribution in [0.3, 0.4) is 0 Å². The van der Waals surface area contributed by atoms with Gasteiger partial charge in [-0.3, -0.25) is 4.79 Å². The summed E-state index contributed by atoms with van der Waals surface area (Å²) in [6.07, 6.45) is 9.13. The molecule has 0 radical (unpaired) electrons. The Labute approximate surface area is 288 Å². The molecule has 0 aliphatic carbocycles. The highest BCUT2D eigenvalue weighted by Crippen LogP contribution is 2.17. The second-order valence-electron chi connectivity index (χ2n) is 10.4. The van der Waals surface area contributed by atoms with Gasteiger partial charge in [-0.15, -0.1) is 24.0 Å². The number of nitrogens with zero attached hydrogens (tertiary/aromatic N) is 6. The van der Waals surface area contributed by atoms with Crippen molar-refractivity contribution in [3.63, 3.8) is 0 Å². The number of amides is 1. The molecule has 0 unspecified atom stereocenters. The van der Waals surface area contributed by atoms with Crippen molar-refractivity contribution < 1.29 is 29.1 Å². The molecule has 256 valence electrons. The molecular formula is C29H37BCl2N10O6. The first-order chi connectivity index (χ1) is 22.4. The summed E-state index contributed by atoms with van der Waals surface area (Å²) in [5.74, 6) is -0.106. The molecule has 19 heteroatoms. The predicted octanol–water partition coefficient (Wildman–Crippen LogP) is 0.853. The molecule has 4 heterocycles. The van der Waals surface area contributed by atoms with Crippen molar-refractivity contribution in [3.8, 4) is 0 Å². The maximum atomic E-state index is 12.8. The molecule has 1 aliphatic heterocycles. The Morgan fingerprint density at radius 2 is 1.44 bits per heavy atom. The molecule has 1 atom stereocenters. The first-order valence-electron chi connectivity index (χ1n) is 14.2. The summed E-state index contributed by atoms with van der Waals surface area (Å²) in [4.78, 5) is 47.8. The zero-order valence-corrected chi connectivity index (χ0v) is 28.0. The number of nitrogens with two attached hydrogens (primary N) is 3. The largest absolute Gasteiger partial charge is 0.492 e. The molecule has 16 nitrogen and oxygen atoms in total. The van der Waals surface area contributed by atoms with Crippen LogP contribution < -0.4 is 28.0 Å². The lowest BCUT2D eigenvalue weighted by molar-refractivity contribution is -0.148. The number of aromatic nitrogens is 6. The lowest BCUT2D eigenvalue weighted by Gasteiger charge is -2.21. The maximum absolute atomic E-state index is 12.8. The van der Waals surface area contributed by atoms with E-state index in [4.69, 9.17) is 43.3 Å². The van der Waals surface area contributed by atoms with Gasteiger partial charge in [0.05, 0.1) is 19.1 Å². The summed E-state index contributed by atoms with van der Waals surface area (Å²) in [6, 6.07) is 2.57. The Hall–Kier alpha value is -4.68. The van der Waals surface area contributed by atoms with Gasteiger partial charge >= 0.3 is 13.1 Å². The number of esters is 1. The lowest BCUT2D eigenvalue weighted by Crippen LogP contribution is -2.46. The molecule has 5 rings (SSSR count). The topological polar surface area (TPSA) is 260 Å². The first-order valence-corrected chi connectivity index (χ1v) is 14.7. The van der Waals surface area contributed by atoms with E-state index in [1.807, 2.05) is 13.8 Å². The number of carbonyl (C=O) groups is 2. The van der Waals surface area contributed by atoms with E-state index in [9.17, 15) is 14.6 Å². The van der Waals surface area contributed by atoms with Crippen molar-refractivity contribution in [2.24, 2.45) is 5.92 Å². The maximum Gasteiger partial charge on any atom is 0.492 e. The minimum absolute atomic E-state index is 0. The van der Waals surface area contributed by atoms with Gasteiger partial charge in [0.15, 0.2) is 0 Å². The first kappa shape index (κ1) is 39.5. The quantitative estimate of drug-likeness (QED) is 0.0845. The van der Waals surface area contributed by atoms with Crippen molar-refractivity contribution in [1.82, 2.24) is 35.2 Å². The Balaban J connectivity index is 0.000000342. The molecular weight excluding hydrogens is 666 g/mol. The number of rotatable bonds is 8. The van der Waals surface area contributed by atoms with Crippen LogP contribution in [0.15, 0.2) is 49.3 Å². The number of aliphatic hydroxyl groups excluding tert-OH is 1. The van der Waals surface area contributed by atoms with Crippen LogP contribution in [0.2, 0.25) is 0 Å². The van der Waals surface area contributed by atoms with E-state index in [1.165, 1.54) is 24.8 Å². The number of halogens is 2. The fourth-order valence-corrected chi connectivity index (χ4v) is 4.17. The molecule has 0 fully saturated rings. The Morgan fingerprint density at radius 1 is 0.938 bits per heavy atom. The van der Waals surface area contributed by atoms with E-state index in [0.717, 1.165) is 11.1 Å². The summed E-state index contributed by atoms with van der Waals surface area (Å²) in [5, 5.41) is 21.2. The fraction of sp³-hybridized carbons (Fsp3) is 0.310. The summed E-state index contributed by atoms with van der Waals surface area (Å²) in [7, 11) is -1.05. The van der Waals surface area contributed by atoms with Gasteiger partial charge in [0.25, 0.3) is 5.91 Å². The minimum atomic E-state index is -1.05. The third kappa shape index (κ3) is 11.5. The second kappa shape index (κ2) is 19.2. The van der Waals surface area contributed by atoms with E-state index in [1.54, 1.807) is 31.5 Å². The molecule has 0 bridgehead atoms. The highest BCUT2D eigenvalue weighted by Gasteiger charge is 2.32. The van der Waals surface area contributed by atoms with Crippen LogP contribution in [0, 0.1) is 12.8 Å².